The van der Waals surface area contributed by atoms with E-state index in [1.165, 1.54) is 4.90 Å². The topological polar surface area (TPSA) is 74.2 Å². The van der Waals surface area contributed by atoms with Gasteiger partial charge in [0, 0.05) is 10.7 Å². The molecular formula is C16H22ClN4O3+. The number of hydrazine groups is 1. The number of benzene rings is 1. The summed E-state index contributed by atoms with van der Waals surface area (Å²) in [7, 11) is 0. The number of hydrogen-bond donors (Lipinski definition) is 2. The van der Waals surface area contributed by atoms with Crippen molar-refractivity contribution in [3.8, 4) is 0 Å². The number of rotatable bonds is 6. The Kier molecular flexibility index (Phi) is 6.16. The number of anilines is 1. The first kappa shape index (κ1) is 18.2. The summed E-state index contributed by atoms with van der Waals surface area (Å²) in [6.45, 7) is 5.57. The zero-order valence-corrected chi connectivity index (χ0v) is 14.6. The van der Waals surface area contributed by atoms with Crippen LogP contribution in [0.15, 0.2) is 24.3 Å². The van der Waals surface area contributed by atoms with Crippen LogP contribution in [-0.2, 0) is 14.4 Å². The number of hydrogen-bond acceptors (Lipinski definition) is 3. The maximum atomic E-state index is 12.3. The van der Waals surface area contributed by atoms with Crippen LogP contribution in [0.25, 0.3) is 0 Å². The fraction of sp³-hybridized carbons (Fsp3) is 0.438. The fourth-order valence-corrected chi connectivity index (χ4v) is 2.70. The van der Waals surface area contributed by atoms with Gasteiger partial charge in [-0.2, -0.15) is 0 Å². The molecule has 0 bridgehead atoms. The average molecular weight is 354 g/mol. The molecular weight excluding hydrogens is 332 g/mol. The van der Waals surface area contributed by atoms with Crippen molar-refractivity contribution in [3.63, 3.8) is 0 Å². The summed E-state index contributed by atoms with van der Waals surface area (Å²) >= 11 is 5.93. The second-order valence-electron chi connectivity index (χ2n) is 5.61. The quantitative estimate of drug-likeness (QED) is 0.722. The van der Waals surface area contributed by atoms with E-state index in [4.69, 9.17) is 11.6 Å². The van der Waals surface area contributed by atoms with Crippen LogP contribution in [0.4, 0.5) is 5.69 Å². The van der Waals surface area contributed by atoms with Gasteiger partial charge in [0.1, 0.15) is 13.1 Å². The molecule has 130 valence electrons. The van der Waals surface area contributed by atoms with E-state index in [1.54, 1.807) is 24.3 Å². The van der Waals surface area contributed by atoms with Crippen LogP contribution in [0.2, 0.25) is 5.02 Å². The van der Waals surface area contributed by atoms with Gasteiger partial charge in [-0.1, -0.05) is 17.7 Å². The fourth-order valence-electron chi connectivity index (χ4n) is 2.52. The first-order valence-electron chi connectivity index (χ1n) is 7.94. The highest BCUT2D eigenvalue weighted by Crippen LogP contribution is 2.21. The number of piperazine rings is 1. The lowest BCUT2D eigenvalue weighted by molar-refractivity contribution is -0.888. The standard InChI is InChI=1S/C16H21ClN4O3/c1-3-19(4-2)9-14(22)18-21-11-15(23)20(10-16(21)24)13-7-5-6-12(17)8-13/h5-8H,3-4,9-11H2,1-2H3,(H,18,22)/p+1. The van der Waals surface area contributed by atoms with E-state index in [0.717, 1.165) is 23.0 Å². The second-order valence-corrected chi connectivity index (χ2v) is 6.04. The maximum Gasteiger partial charge on any atom is 0.293 e. The van der Waals surface area contributed by atoms with Gasteiger partial charge in [0.15, 0.2) is 6.54 Å². The summed E-state index contributed by atoms with van der Waals surface area (Å²) in [5.41, 5.74) is 3.10. The minimum absolute atomic E-state index is 0.127. The van der Waals surface area contributed by atoms with Crippen molar-refractivity contribution in [2.75, 3.05) is 37.6 Å². The number of nitrogens with one attached hydrogen (secondary N) is 2. The predicted molar refractivity (Wildman–Crippen MR) is 90.6 cm³/mol. The number of quaternary nitrogens is 1. The molecule has 0 radical (unpaired) electrons. The number of amides is 3. The minimum atomic E-state index is -0.336. The number of nitrogens with zero attached hydrogens (tertiary/aromatic N) is 2. The van der Waals surface area contributed by atoms with Crippen LogP contribution in [0.5, 0.6) is 0 Å². The van der Waals surface area contributed by atoms with Crippen molar-refractivity contribution in [2.24, 2.45) is 0 Å². The van der Waals surface area contributed by atoms with E-state index >= 15 is 0 Å². The average Bonchev–Trinajstić information content (AvgIpc) is 2.55. The van der Waals surface area contributed by atoms with Crippen LogP contribution in [0.1, 0.15) is 13.8 Å². The van der Waals surface area contributed by atoms with Crippen LogP contribution >= 0.6 is 11.6 Å². The smallest absolute Gasteiger partial charge is 0.293 e. The molecule has 0 spiro atoms. The van der Waals surface area contributed by atoms with Crippen LogP contribution in [0.3, 0.4) is 0 Å². The zero-order valence-electron chi connectivity index (χ0n) is 13.8. The number of halogens is 1. The summed E-state index contributed by atoms with van der Waals surface area (Å²) in [4.78, 5) is 39.0. The summed E-state index contributed by atoms with van der Waals surface area (Å²) in [5, 5.41) is 1.58. The molecule has 0 aromatic heterocycles. The summed E-state index contributed by atoms with van der Waals surface area (Å²) in [6, 6.07) is 6.76. The summed E-state index contributed by atoms with van der Waals surface area (Å²) < 4.78 is 0. The van der Waals surface area contributed by atoms with E-state index in [1.807, 2.05) is 13.8 Å². The molecule has 2 rings (SSSR count). The highest BCUT2D eigenvalue weighted by Gasteiger charge is 2.32. The molecule has 1 aromatic rings. The van der Waals surface area contributed by atoms with Gasteiger partial charge >= 0.3 is 0 Å². The van der Waals surface area contributed by atoms with Crippen molar-refractivity contribution in [2.45, 2.75) is 13.8 Å². The van der Waals surface area contributed by atoms with Crippen LogP contribution in [-0.4, -0.2) is 55.5 Å². The Balaban J connectivity index is 1.99. The van der Waals surface area contributed by atoms with Gasteiger partial charge < -0.3 is 9.80 Å². The monoisotopic (exact) mass is 353 g/mol. The Morgan fingerprint density at radius 1 is 1.21 bits per heavy atom. The lowest BCUT2D eigenvalue weighted by Gasteiger charge is -2.33. The predicted octanol–water partition coefficient (Wildman–Crippen LogP) is -0.529. The molecule has 0 atom stereocenters. The molecule has 1 fully saturated rings. The Bertz CT molecular complexity index is 634. The Hall–Kier alpha value is -2.12. The SMILES string of the molecule is CC[NH+](CC)CC(=O)NN1CC(=O)N(c2cccc(Cl)c2)CC1=O. The molecule has 2 N–H and O–H groups in total. The molecule has 1 aliphatic rings. The molecule has 1 heterocycles. The third kappa shape index (κ3) is 4.46. The second kappa shape index (κ2) is 8.12. The van der Waals surface area contributed by atoms with Gasteiger partial charge in [-0.05, 0) is 32.0 Å². The molecule has 0 aliphatic carbocycles. The highest BCUT2D eigenvalue weighted by atomic mass is 35.5. The molecule has 3 amide bonds. The number of carbonyl (C=O) groups excluding carboxylic acids is 3. The van der Waals surface area contributed by atoms with Gasteiger partial charge in [-0.25, -0.2) is 5.01 Å². The van der Waals surface area contributed by atoms with Gasteiger partial charge in [-0.15, -0.1) is 0 Å². The van der Waals surface area contributed by atoms with Crippen molar-refractivity contribution in [3.05, 3.63) is 29.3 Å². The first-order valence-corrected chi connectivity index (χ1v) is 8.31. The maximum absolute atomic E-state index is 12.3. The third-order valence-electron chi connectivity index (χ3n) is 3.98. The van der Waals surface area contributed by atoms with Crippen molar-refractivity contribution in [1.29, 1.82) is 0 Å². The number of likely N-dealkylation sites (N-methyl/N-ethyl adjacent to an activating group) is 1. The van der Waals surface area contributed by atoms with E-state index < -0.39 is 0 Å². The van der Waals surface area contributed by atoms with E-state index in [9.17, 15) is 14.4 Å². The minimum Gasteiger partial charge on any atom is -0.328 e. The molecule has 0 unspecified atom stereocenters. The van der Waals surface area contributed by atoms with Gasteiger partial charge in [0.05, 0.1) is 13.1 Å². The van der Waals surface area contributed by atoms with Crippen LogP contribution < -0.4 is 15.2 Å². The normalized spacial score (nSPS) is 15.2. The summed E-state index contributed by atoms with van der Waals surface area (Å²) in [5.74, 6) is -0.879. The third-order valence-corrected chi connectivity index (χ3v) is 4.21. The zero-order chi connectivity index (χ0) is 17.7. The molecule has 7 nitrogen and oxygen atoms in total. The Morgan fingerprint density at radius 3 is 2.54 bits per heavy atom. The molecule has 24 heavy (non-hydrogen) atoms. The number of carbonyl (C=O) groups is 3. The molecule has 8 heteroatoms. The van der Waals surface area contributed by atoms with Crippen LogP contribution in [0, 0.1) is 0 Å². The van der Waals surface area contributed by atoms with Crippen molar-refractivity contribution >= 4 is 35.0 Å². The van der Waals surface area contributed by atoms with Gasteiger partial charge in [0.25, 0.3) is 11.8 Å². The van der Waals surface area contributed by atoms with E-state index in [0.29, 0.717) is 10.7 Å². The lowest BCUT2D eigenvalue weighted by Crippen LogP contribution is -3.12. The largest absolute Gasteiger partial charge is 0.328 e. The Labute approximate surface area is 146 Å². The lowest BCUT2D eigenvalue weighted by atomic mass is 10.2. The summed E-state index contributed by atoms with van der Waals surface area (Å²) in [6.07, 6.45) is 0. The Morgan fingerprint density at radius 2 is 1.92 bits per heavy atom. The first-order chi connectivity index (χ1) is 11.4. The van der Waals surface area contributed by atoms with E-state index in [-0.39, 0.29) is 37.4 Å². The van der Waals surface area contributed by atoms with Gasteiger partial charge in [-0.3, -0.25) is 19.8 Å². The highest BCUT2D eigenvalue weighted by molar-refractivity contribution is 6.31. The molecule has 1 aromatic carbocycles. The molecule has 0 saturated carbocycles. The molecule has 1 aliphatic heterocycles. The molecule has 1 saturated heterocycles. The van der Waals surface area contributed by atoms with Gasteiger partial charge in [0.2, 0.25) is 5.91 Å². The van der Waals surface area contributed by atoms with E-state index in [2.05, 4.69) is 5.43 Å². The van der Waals surface area contributed by atoms with Crippen molar-refractivity contribution < 1.29 is 19.3 Å². The van der Waals surface area contributed by atoms with Crippen molar-refractivity contribution in [1.82, 2.24) is 10.4 Å².